The molecule has 0 heterocycles. The summed E-state index contributed by atoms with van der Waals surface area (Å²) in [7, 11) is 0. The van der Waals surface area contributed by atoms with Crippen molar-refractivity contribution >= 4 is 23.3 Å². The van der Waals surface area contributed by atoms with Crippen LogP contribution in [-0.2, 0) is 14.3 Å². The minimum absolute atomic E-state index is 0.0679. The largest absolute Gasteiger partial charge is 0.486 e. The normalized spacial score (nSPS) is 12.1. The van der Waals surface area contributed by atoms with Crippen molar-refractivity contribution in [3.63, 3.8) is 0 Å². The molecule has 128 valence electrons. The minimum atomic E-state index is -0.234. The summed E-state index contributed by atoms with van der Waals surface area (Å²) >= 11 is 5.92. The zero-order valence-electron chi connectivity index (χ0n) is 14.0. The molecule has 1 aromatic carbocycles. The summed E-state index contributed by atoms with van der Waals surface area (Å²) in [6.07, 6.45) is 0. The summed E-state index contributed by atoms with van der Waals surface area (Å²) in [6.45, 7) is 7.42. The van der Waals surface area contributed by atoms with Gasteiger partial charge in [0.05, 0.1) is 0 Å². The average molecular weight is 342 g/mol. The quantitative estimate of drug-likeness (QED) is 0.750. The predicted molar refractivity (Wildman–Crippen MR) is 90.0 cm³/mol. The van der Waals surface area contributed by atoms with Gasteiger partial charge in [-0.3, -0.25) is 9.59 Å². The average Bonchev–Trinajstić information content (AvgIpc) is 2.48. The molecule has 1 atom stereocenters. The van der Waals surface area contributed by atoms with E-state index in [1.54, 1.807) is 18.2 Å². The van der Waals surface area contributed by atoms with Crippen molar-refractivity contribution in [1.29, 1.82) is 0 Å². The third-order valence-electron chi connectivity index (χ3n) is 3.41. The number of benzene rings is 1. The third kappa shape index (κ3) is 7.48. The van der Waals surface area contributed by atoms with Crippen LogP contribution in [0.3, 0.4) is 0 Å². The SMILES string of the molecule is Cc1cc(OCC(=O)COCC(=O)N[C@H](C)C(C)C)ccc1Cl. The fourth-order valence-electron chi connectivity index (χ4n) is 1.63. The number of aryl methyl sites for hydroxylation is 1. The summed E-state index contributed by atoms with van der Waals surface area (Å²) in [5.74, 6) is 0.455. The smallest absolute Gasteiger partial charge is 0.246 e. The lowest BCUT2D eigenvalue weighted by molar-refractivity contribution is -0.131. The second-order valence-corrected chi connectivity index (χ2v) is 6.24. The van der Waals surface area contributed by atoms with Gasteiger partial charge >= 0.3 is 0 Å². The second kappa shape index (κ2) is 9.53. The van der Waals surface area contributed by atoms with E-state index in [1.807, 2.05) is 27.7 Å². The molecule has 1 aromatic rings. The Morgan fingerprint density at radius 3 is 2.48 bits per heavy atom. The lowest BCUT2D eigenvalue weighted by Crippen LogP contribution is -2.38. The molecule has 0 aliphatic heterocycles. The van der Waals surface area contributed by atoms with Gasteiger partial charge in [-0.25, -0.2) is 0 Å². The number of carbonyl (C=O) groups is 2. The van der Waals surface area contributed by atoms with Gasteiger partial charge in [0.15, 0.2) is 5.78 Å². The van der Waals surface area contributed by atoms with Gasteiger partial charge in [-0.15, -0.1) is 0 Å². The Balaban J connectivity index is 2.24. The molecule has 0 saturated heterocycles. The Morgan fingerprint density at radius 2 is 1.87 bits per heavy atom. The summed E-state index contributed by atoms with van der Waals surface area (Å²) in [5, 5.41) is 3.45. The van der Waals surface area contributed by atoms with Crippen LogP contribution in [-0.4, -0.2) is 37.6 Å². The minimum Gasteiger partial charge on any atom is -0.486 e. The van der Waals surface area contributed by atoms with Crippen LogP contribution < -0.4 is 10.1 Å². The van der Waals surface area contributed by atoms with E-state index in [-0.39, 0.29) is 37.6 Å². The third-order valence-corrected chi connectivity index (χ3v) is 3.84. The second-order valence-electron chi connectivity index (χ2n) is 5.83. The van der Waals surface area contributed by atoms with Gasteiger partial charge in [-0.1, -0.05) is 25.4 Å². The number of ketones is 1. The van der Waals surface area contributed by atoms with Gasteiger partial charge in [0, 0.05) is 11.1 Å². The number of nitrogens with one attached hydrogen (secondary N) is 1. The number of ether oxygens (including phenoxy) is 2. The number of amides is 1. The number of rotatable bonds is 9. The lowest BCUT2D eigenvalue weighted by atomic mass is 10.1. The van der Waals surface area contributed by atoms with Crippen LogP contribution in [0.1, 0.15) is 26.3 Å². The zero-order valence-corrected chi connectivity index (χ0v) is 14.8. The molecule has 5 nitrogen and oxygen atoms in total. The molecule has 23 heavy (non-hydrogen) atoms. The number of Topliss-reactive ketones (excluding diaryl/α,β-unsaturated/α-hetero) is 1. The van der Waals surface area contributed by atoms with Crippen molar-refractivity contribution < 1.29 is 19.1 Å². The van der Waals surface area contributed by atoms with Gasteiger partial charge in [-0.2, -0.15) is 0 Å². The molecule has 0 bridgehead atoms. The molecular weight excluding hydrogens is 318 g/mol. The van der Waals surface area contributed by atoms with Crippen LogP contribution in [0, 0.1) is 12.8 Å². The first-order chi connectivity index (χ1) is 10.8. The highest BCUT2D eigenvalue weighted by Crippen LogP contribution is 2.20. The molecule has 0 aliphatic carbocycles. The maximum absolute atomic E-state index is 11.7. The van der Waals surface area contributed by atoms with Gasteiger partial charge in [-0.05, 0) is 43.5 Å². The molecule has 1 N–H and O–H groups in total. The monoisotopic (exact) mass is 341 g/mol. The molecule has 1 rings (SSSR count). The first-order valence-electron chi connectivity index (χ1n) is 7.57. The summed E-state index contributed by atoms with van der Waals surface area (Å²) in [5.41, 5.74) is 0.879. The summed E-state index contributed by atoms with van der Waals surface area (Å²) < 4.78 is 10.5. The Morgan fingerprint density at radius 1 is 1.17 bits per heavy atom. The van der Waals surface area contributed by atoms with Crippen molar-refractivity contribution in [2.75, 3.05) is 19.8 Å². The predicted octanol–water partition coefficient (Wildman–Crippen LogP) is 2.77. The first-order valence-corrected chi connectivity index (χ1v) is 7.95. The number of hydrogen-bond donors (Lipinski definition) is 1. The maximum Gasteiger partial charge on any atom is 0.246 e. The van der Waals surface area contributed by atoms with E-state index in [0.29, 0.717) is 16.7 Å². The van der Waals surface area contributed by atoms with Crippen molar-refractivity contribution in [3.8, 4) is 5.75 Å². The number of carbonyl (C=O) groups excluding carboxylic acids is 2. The van der Waals surface area contributed by atoms with Crippen molar-refractivity contribution in [3.05, 3.63) is 28.8 Å². The summed E-state index contributed by atoms with van der Waals surface area (Å²) in [4.78, 5) is 23.3. The number of hydrogen-bond acceptors (Lipinski definition) is 4. The zero-order chi connectivity index (χ0) is 17.4. The number of halogens is 1. The van der Waals surface area contributed by atoms with Gasteiger partial charge in [0.1, 0.15) is 25.6 Å². The maximum atomic E-state index is 11.7. The van der Waals surface area contributed by atoms with E-state index in [0.717, 1.165) is 5.56 Å². The molecule has 0 aliphatic rings. The Hall–Kier alpha value is -1.59. The topological polar surface area (TPSA) is 64.6 Å². The fraction of sp³-hybridized carbons (Fsp3) is 0.529. The first kappa shape index (κ1) is 19.5. The lowest BCUT2D eigenvalue weighted by Gasteiger charge is -2.17. The van der Waals surface area contributed by atoms with E-state index in [2.05, 4.69) is 5.32 Å². The molecule has 0 aromatic heterocycles. The Bertz CT molecular complexity index is 545. The van der Waals surface area contributed by atoms with E-state index < -0.39 is 0 Å². The van der Waals surface area contributed by atoms with Crippen molar-refractivity contribution in [1.82, 2.24) is 5.32 Å². The van der Waals surface area contributed by atoms with Crippen LogP contribution in [0.4, 0.5) is 0 Å². The van der Waals surface area contributed by atoms with Crippen LogP contribution in [0.2, 0.25) is 5.02 Å². The molecule has 0 radical (unpaired) electrons. The van der Waals surface area contributed by atoms with E-state index in [4.69, 9.17) is 21.1 Å². The fourth-order valence-corrected chi connectivity index (χ4v) is 1.75. The van der Waals surface area contributed by atoms with Crippen LogP contribution >= 0.6 is 11.6 Å². The van der Waals surface area contributed by atoms with Gasteiger partial charge in [0.25, 0.3) is 0 Å². The Labute approximate surface area is 142 Å². The van der Waals surface area contributed by atoms with E-state index in [9.17, 15) is 9.59 Å². The molecule has 0 saturated carbocycles. The van der Waals surface area contributed by atoms with Gasteiger partial charge < -0.3 is 14.8 Å². The molecule has 0 spiro atoms. The molecule has 6 heteroatoms. The molecule has 0 fully saturated rings. The van der Waals surface area contributed by atoms with Gasteiger partial charge in [0.2, 0.25) is 5.91 Å². The summed E-state index contributed by atoms with van der Waals surface area (Å²) in [6, 6.07) is 5.24. The van der Waals surface area contributed by atoms with E-state index >= 15 is 0 Å². The van der Waals surface area contributed by atoms with Crippen LogP contribution in [0.25, 0.3) is 0 Å². The highest BCUT2D eigenvalue weighted by Gasteiger charge is 2.11. The van der Waals surface area contributed by atoms with Crippen molar-refractivity contribution in [2.24, 2.45) is 5.92 Å². The van der Waals surface area contributed by atoms with Crippen LogP contribution in [0.5, 0.6) is 5.75 Å². The molecule has 1 amide bonds. The standard InChI is InChI=1S/C17H24ClNO4/c1-11(2)13(4)19-17(21)10-22-8-14(20)9-23-15-5-6-16(18)12(3)7-15/h5-7,11,13H,8-10H2,1-4H3,(H,19,21)/t13-/m1/s1. The molecular formula is C17H24ClNO4. The Kier molecular flexibility index (Phi) is 8.06. The highest BCUT2D eigenvalue weighted by atomic mass is 35.5. The van der Waals surface area contributed by atoms with Crippen LogP contribution in [0.15, 0.2) is 18.2 Å². The van der Waals surface area contributed by atoms with E-state index in [1.165, 1.54) is 0 Å². The highest BCUT2D eigenvalue weighted by molar-refractivity contribution is 6.31. The van der Waals surface area contributed by atoms with Crippen molar-refractivity contribution in [2.45, 2.75) is 33.7 Å². The molecule has 0 unspecified atom stereocenters.